The molecule has 0 bridgehead atoms. The second-order valence-electron chi connectivity index (χ2n) is 2.96. The van der Waals surface area contributed by atoms with Crippen LogP contribution in [0.4, 0.5) is 0 Å². The van der Waals surface area contributed by atoms with Crippen LogP contribution in [0.5, 0.6) is 0 Å². The quantitative estimate of drug-likeness (QED) is 0.566. The highest BCUT2D eigenvalue weighted by molar-refractivity contribution is 4.64. The monoisotopic (exact) mass is 127 g/mol. The molecule has 9 heavy (non-hydrogen) atoms. The molecular weight excluding hydrogens is 110 g/mol. The van der Waals surface area contributed by atoms with Crippen molar-refractivity contribution in [3.8, 4) is 0 Å². The van der Waals surface area contributed by atoms with Crippen molar-refractivity contribution in [3.05, 3.63) is 0 Å². The minimum absolute atomic E-state index is 1.01. The second-order valence-corrected chi connectivity index (χ2v) is 2.96. The van der Waals surface area contributed by atoms with E-state index in [9.17, 15) is 0 Å². The summed E-state index contributed by atoms with van der Waals surface area (Å²) in [5.74, 6) is 1.01. The van der Waals surface area contributed by atoms with E-state index in [-0.39, 0.29) is 0 Å². The van der Waals surface area contributed by atoms with Gasteiger partial charge in [0.15, 0.2) is 0 Å². The van der Waals surface area contributed by atoms with E-state index < -0.39 is 0 Å². The van der Waals surface area contributed by atoms with Gasteiger partial charge in [-0.25, -0.2) is 0 Å². The fourth-order valence-electron chi connectivity index (χ4n) is 1.50. The topological polar surface area (TPSA) is 12.0 Å². The molecule has 0 amide bonds. The average Bonchev–Trinajstić information content (AvgIpc) is 2.13. The van der Waals surface area contributed by atoms with E-state index in [0.29, 0.717) is 0 Å². The maximum absolute atomic E-state index is 3.41. The summed E-state index contributed by atoms with van der Waals surface area (Å²) in [7, 11) is 0. The normalized spacial score (nSPS) is 29.7. The third-order valence-electron chi connectivity index (χ3n) is 2.27. The van der Waals surface area contributed by atoms with Crippen molar-refractivity contribution < 1.29 is 0 Å². The molecule has 0 aliphatic carbocycles. The van der Waals surface area contributed by atoms with Gasteiger partial charge in [-0.2, -0.15) is 0 Å². The summed E-state index contributed by atoms with van der Waals surface area (Å²) < 4.78 is 0. The Morgan fingerprint density at radius 3 is 3.00 bits per heavy atom. The van der Waals surface area contributed by atoms with Gasteiger partial charge < -0.3 is 5.32 Å². The molecule has 0 unspecified atom stereocenters. The molecule has 1 saturated heterocycles. The molecule has 0 aromatic carbocycles. The lowest BCUT2D eigenvalue weighted by Gasteiger charge is -2.08. The van der Waals surface area contributed by atoms with Gasteiger partial charge in [-0.05, 0) is 38.3 Å². The smallest absolute Gasteiger partial charge is 0.00463 e. The van der Waals surface area contributed by atoms with Crippen LogP contribution in [-0.2, 0) is 0 Å². The largest absolute Gasteiger partial charge is 0.317 e. The van der Waals surface area contributed by atoms with Crippen LogP contribution in [0.1, 0.15) is 32.6 Å². The van der Waals surface area contributed by atoms with Crippen molar-refractivity contribution in [2.75, 3.05) is 13.1 Å². The van der Waals surface area contributed by atoms with Gasteiger partial charge in [0, 0.05) is 0 Å². The molecule has 1 aliphatic rings. The summed E-state index contributed by atoms with van der Waals surface area (Å²) in [5.41, 5.74) is 0. The highest BCUT2D eigenvalue weighted by atomic mass is 14.8. The van der Waals surface area contributed by atoms with Crippen molar-refractivity contribution in [2.24, 2.45) is 5.92 Å². The maximum Gasteiger partial charge on any atom is -0.00463 e. The van der Waals surface area contributed by atoms with E-state index >= 15 is 0 Å². The van der Waals surface area contributed by atoms with Crippen LogP contribution < -0.4 is 5.32 Å². The number of nitrogens with one attached hydrogen (secondary N) is 1. The van der Waals surface area contributed by atoms with Crippen molar-refractivity contribution >= 4 is 0 Å². The van der Waals surface area contributed by atoms with Crippen LogP contribution in [0, 0.1) is 5.92 Å². The van der Waals surface area contributed by atoms with E-state index in [1.165, 1.54) is 38.8 Å². The van der Waals surface area contributed by atoms with Crippen LogP contribution in [0.15, 0.2) is 0 Å². The predicted octanol–water partition coefficient (Wildman–Crippen LogP) is 1.79. The Labute approximate surface area is 57.8 Å². The van der Waals surface area contributed by atoms with Crippen molar-refractivity contribution in [3.63, 3.8) is 0 Å². The molecule has 0 spiro atoms. The first-order valence-electron chi connectivity index (χ1n) is 4.14. The predicted molar refractivity (Wildman–Crippen MR) is 40.5 cm³/mol. The first kappa shape index (κ1) is 7.07. The molecule has 1 rings (SSSR count). The van der Waals surface area contributed by atoms with Gasteiger partial charge in [-0.1, -0.05) is 13.3 Å². The lowest BCUT2D eigenvalue weighted by Crippen LogP contribution is -2.13. The van der Waals surface area contributed by atoms with Crippen LogP contribution in [0.2, 0.25) is 0 Å². The Morgan fingerprint density at radius 1 is 1.33 bits per heavy atom. The zero-order valence-corrected chi connectivity index (χ0v) is 6.32. The lowest BCUT2D eigenvalue weighted by atomic mass is 9.98. The highest BCUT2D eigenvalue weighted by Gasteiger charge is 2.07. The first-order chi connectivity index (χ1) is 4.43. The first-order valence-corrected chi connectivity index (χ1v) is 4.14. The molecule has 0 radical (unpaired) electrons. The Hall–Kier alpha value is -0.0400. The Balaban J connectivity index is 2.18. The van der Waals surface area contributed by atoms with Gasteiger partial charge in [-0.3, -0.25) is 0 Å². The van der Waals surface area contributed by atoms with Gasteiger partial charge in [0.25, 0.3) is 0 Å². The molecule has 1 heteroatoms. The van der Waals surface area contributed by atoms with E-state index in [1.807, 2.05) is 0 Å². The summed E-state index contributed by atoms with van der Waals surface area (Å²) in [6, 6.07) is 0. The van der Waals surface area contributed by atoms with E-state index in [1.54, 1.807) is 0 Å². The SMILES string of the molecule is CC[C@@H]1CCCNCC1. The molecule has 0 aromatic rings. The van der Waals surface area contributed by atoms with E-state index in [0.717, 1.165) is 5.92 Å². The molecule has 54 valence electrons. The molecule has 0 aromatic heterocycles. The molecule has 0 saturated carbocycles. The van der Waals surface area contributed by atoms with Gasteiger partial charge in [0.05, 0.1) is 0 Å². The summed E-state index contributed by atoms with van der Waals surface area (Å²) >= 11 is 0. The fraction of sp³-hybridized carbons (Fsp3) is 1.00. The lowest BCUT2D eigenvalue weighted by molar-refractivity contribution is 0.458. The summed E-state index contributed by atoms with van der Waals surface area (Å²) in [5, 5.41) is 3.41. The average molecular weight is 127 g/mol. The van der Waals surface area contributed by atoms with Crippen LogP contribution in [-0.4, -0.2) is 13.1 Å². The highest BCUT2D eigenvalue weighted by Crippen LogP contribution is 2.15. The third kappa shape index (κ3) is 2.35. The van der Waals surface area contributed by atoms with E-state index in [4.69, 9.17) is 0 Å². The van der Waals surface area contributed by atoms with Gasteiger partial charge in [0.1, 0.15) is 0 Å². The van der Waals surface area contributed by atoms with Gasteiger partial charge >= 0.3 is 0 Å². The van der Waals surface area contributed by atoms with Crippen LogP contribution >= 0.6 is 0 Å². The molecule has 1 atom stereocenters. The van der Waals surface area contributed by atoms with Crippen molar-refractivity contribution in [2.45, 2.75) is 32.6 Å². The summed E-state index contributed by atoms with van der Waals surface area (Å²) in [6.07, 6.45) is 5.61. The molecule has 1 nitrogen and oxygen atoms in total. The minimum Gasteiger partial charge on any atom is -0.317 e. The second kappa shape index (κ2) is 3.89. The van der Waals surface area contributed by atoms with E-state index in [2.05, 4.69) is 12.2 Å². The third-order valence-corrected chi connectivity index (χ3v) is 2.27. The zero-order valence-electron chi connectivity index (χ0n) is 6.32. The molecular formula is C8H17N. The number of rotatable bonds is 1. The zero-order chi connectivity index (χ0) is 6.53. The summed E-state index contributed by atoms with van der Waals surface area (Å²) in [6.45, 7) is 4.80. The molecule has 1 aliphatic heterocycles. The maximum atomic E-state index is 3.41. The van der Waals surface area contributed by atoms with Gasteiger partial charge in [0.2, 0.25) is 0 Å². The minimum atomic E-state index is 1.01. The molecule has 1 N–H and O–H groups in total. The van der Waals surface area contributed by atoms with Gasteiger partial charge in [-0.15, -0.1) is 0 Å². The van der Waals surface area contributed by atoms with Crippen LogP contribution in [0.3, 0.4) is 0 Å². The number of hydrogen-bond donors (Lipinski definition) is 1. The standard InChI is InChI=1S/C8H17N/c1-2-8-4-3-6-9-7-5-8/h8-9H,2-7H2,1H3/t8-/m1/s1. The number of hydrogen-bond acceptors (Lipinski definition) is 1. The van der Waals surface area contributed by atoms with Crippen molar-refractivity contribution in [1.82, 2.24) is 5.32 Å². The molecule has 1 fully saturated rings. The van der Waals surface area contributed by atoms with Crippen molar-refractivity contribution in [1.29, 1.82) is 0 Å². The van der Waals surface area contributed by atoms with Crippen LogP contribution in [0.25, 0.3) is 0 Å². The summed E-state index contributed by atoms with van der Waals surface area (Å²) in [4.78, 5) is 0. The Kier molecular flexibility index (Phi) is 3.05. The Bertz CT molecular complexity index is 63.0. The fourth-order valence-corrected chi connectivity index (χ4v) is 1.50. The molecule has 1 heterocycles. The Morgan fingerprint density at radius 2 is 2.22 bits per heavy atom.